The first-order chi connectivity index (χ1) is 12.7. The van der Waals surface area contributed by atoms with Crippen molar-refractivity contribution in [2.45, 2.75) is 38.0 Å². The number of amides is 1. The van der Waals surface area contributed by atoms with Gasteiger partial charge in [-0.25, -0.2) is 0 Å². The molecule has 0 spiro atoms. The molecule has 8 heteroatoms. The van der Waals surface area contributed by atoms with Crippen LogP contribution in [0.2, 0.25) is 0 Å². The van der Waals surface area contributed by atoms with Gasteiger partial charge in [-0.2, -0.15) is 5.10 Å². The van der Waals surface area contributed by atoms with E-state index in [4.69, 9.17) is 0 Å². The summed E-state index contributed by atoms with van der Waals surface area (Å²) in [5.41, 5.74) is 1.19. The zero-order valence-corrected chi connectivity index (χ0v) is 18.5. The van der Waals surface area contributed by atoms with Gasteiger partial charge in [0, 0.05) is 65.0 Å². The fourth-order valence-electron chi connectivity index (χ4n) is 5.04. The Bertz CT molecular complexity index is 611. The molecule has 1 aliphatic carbocycles. The topological polar surface area (TPSA) is 53.4 Å². The molecule has 160 valence electrons. The molecule has 1 amide bonds. The van der Waals surface area contributed by atoms with Crippen LogP contribution in [-0.2, 0) is 11.8 Å². The maximum atomic E-state index is 13.1. The highest BCUT2D eigenvalue weighted by atomic mass is 35.5. The first-order valence-electron chi connectivity index (χ1n) is 10.4. The summed E-state index contributed by atoms with van der Waals surface area (Å²) in [4.78, 5) is 17.8. The predicted molar refractivity (Wildman–Crippen MR) is 116 cm³/mol. The third kappa shape index (κ3) is 5.41. The van der Waals surface area contributed by atoms with Crippen LogP contribution in [0.3, 0.4) is 0 Å². The van der Waals surface area contributed by atoms with E-state index in [0.717, 1.165) is 45.2 Å². The van der Waals surface area contributed by atoms with Crippen LogP contribution in [0.5, 0.6) is 0 Å². The van der Waals surface area contributed by atoms with Gasteiger partial charge in [-0.05, 0) is 24.3 Å². The van der Waals surface area contributed by atoms with Crippen molar-refractivity contribution < 1.29 is 4.79 Å². The van der Waals surface area contributed by atoms with Crippen molar-refractivity contribution >= 4 is 30.7 Å². The molecule has 1 N–H and O–H groups in total. The maximum absolute atomic E-state index is 13.1. The van der Waals surface area contributed by atoms with Crippen molar-refractivity contribution in [2.75, 3.05) is 45.8 Å². The molecule has 28 heavy (non-hydrogen) atoms. The Morgan fingerprint density at radius 1 is 1.11 bits per heavy atom. The van der Waals surface area contributed by atoms with Crippen LogP contribution in [0, 0.1) is 11.8 Å². The summed E-state index contributed by atoms with van der Waals surface area (Å²) >= 11 is 0. The molecule has 3 fully saturated rings. The van der Waals surface area contributed by atoms with Gasteiger partial charge in [0.05, 0.1) is 12.1 Å². The molecule has 3 heterocycles. The Morgan fingerprint density at radius 3 is 2.46 bits per heavy atom. The monoisotopic (exact) mass is 431 g/mol. The number of piperazine rings is 1. The van der Waals surface area contributed by atoms with Gasteiger partial charge >= 0.3 is 0 Å². The average Bonchev–Trinajstić information content (AvgIpc) is 3.31. The Labute approximate surface area is 181 Å². The molecular formula is C20H35Cl2N5O. The number of halogens is 2. The summed E-state index contributed by atoms with van der Waals surface area (Å²) in [6, 6.07) is 0. The van der Waals surface area contributed by atoms with E-state index in [1.807, 2.05) is 17.9 Å². The van der Waals surface area contributed by atoms with E-state index in [0.29, 0.717) is 5.91 Å². The van der Waals surface area contributed by atoms with Crippen LogP contribution >= 0.6 is 24.8 Å². The van der Waals surface area contributed by atoms with E-state index in [9.17, 15) is 4.79 Å². The molecule has 0 aromatic carbocycles. The van der Waals surface area contributed by atoms with Crippen LogP contribution in [0.25, 0.3) is 0 Å². The van der Waals surface area contributed by atoms with Crippen molar-refractivity contribution in [3.05, 3.63) is 18.0 Å². The number of hydrogen-bond acceptors (Lipinski definition) is 4. The van der Waals surface area contributed by atoms with E-state index in [2.05, 4.69) is 26.4 Å². The summed E-state index contributed by atoms with van der Waals surface area (Å²) in [7, 11) is 1.94. The molecule has 1 aromatic rings. The molecule has 3 aliphatic rings. The third-order valence-electron chi connectivity index (χ3n) is 6.61. The summed E-state index contributed by atoms with van der Waals surface area (Å²) < 4.78 is 1.83. The van der Waals surface area contributed by atoms with Crippen molar-refractivity contribution in [1.29, 1.82) is 0 Å². The first kappa shape index (κ1) is 23.5. The molecule has 0 unspecified atom stereocenters. The lowest BCUT2D eigenvalue weighted by Crippen LogP contribution is -2.52. The van der Waals surface area contributed by atoms with Crippen molar-refractivity contribution in [2.24, 2.45) is 18.9 Å². The van der Waals surface area contributed by atoms with Crippen LogP contribution in [0.4, 0.5) is 0 Å². The standard InChI is InChI=1S/C20H33N5O.2ClH/c1-23-15-17(11-22-23)18-12-21-13-19(18)20(26)25-9-7-24(8-10-25)14-16-5-3-2-4-6-16;;/h11,15-16,18-19,21H,2-10,12-14H2,1H3;2*1H/t18-,19+;;/m1../s1. The largest absolute Gasteiger partial charge is 0.340 e. The summed E-state index contributed by atoms with van der Waals surface area (Å²) in [6.45, 7) is 6.78. The van der Waals surface area contributed by atoms with Crippen LogP contribution in [0.1, 0.15) is 43.6 Å². The smallest absolute Gasteiger partial charge is 0.227 e. The Morgan fingerprint density at radius 2 is 1.82 bits per heavy atom. The van der Waals surface area contributed by atoms with Gasteiger partial charge in [-0.1, -0.05) is 19.3 Å². The normalized spacial score (nSPS) is 26.5. The summed E-state index contributed by atoms with van der Waals surface area (Å²) in [5.74, 6) is 1.54. The number of aromatic nitrogens is 2. The minimum absolute atomic E-state index is 0. The lowest BCUT2D eigenvalue weighted by atomic mass is 9.88. The predicted octanol–water partition coefficient (Wildman–Crippen LogP) is 2.29. The molecule has 2 saturated heterocycles. The fraction of sp³-hybridized carbons (Fsp3) is 0.800. The van der Waals surface area contributed by atoms with Gasteiger partial charge in [-0.15, -0.1) is 24.8 Å². The highest BCUT2D eigenvalue weighted by Crippen LogP contribution is 2.30. The van der Waals surface area contributed by atoms with Gasteiger partial charge in [0.15, 0.2) is 0 Å². The number of nitrogens with zero attached hydrogens (tertiary/aromatic N) is 4. The number of aryl methyl sites for hydroxylation is 1. The second-order valence-electron chi connectivity index (χ2n) is 8.45. The van der Waals surface area contributed by atoms with Crippen molar-refractivity contribution in [3.8, 4) is 0 Å². The van der Waals surface area contributed by atoms with Crippen LogP contribution < -0.4 is 5.32 Å². The van der Waals surface area contributed by atoms with Gasteiger partial charge in [0.2, 0.25) is 5.91 Å². The minimum Gasteiger partial charge on any atom is -0.340 e. The third-order valence-corrected chi connectivity index (χ3v) is 6.61. The Hall–Kier alpha value is -0.820. The molecule has 2 aliphatic heterocycles. The van der Waals surface area contributed by atoms with E-state index in [1.165, 1.54) is 44.2 Å². The fourth-order valence-corrected chi connectivity index (χ4v) is 5.04. The zero-order chi connectivity index (χ0) is 17.9. The lowest BCUT2D eigenvalue weighted by Gasteiger charge is -2.38. The van der Waals surface area contributed by atoms with E-state index < -0.39 is 0 Å². The van der Waals surface area contributed by atoms with Gasteiger partial charge in [0.1, 0.15) is 0 Å². The maximum Gasteiger partial charge on any atom is 0.227 e. The lowest BCUT2D eigenvalue weighted by molar-refractivity contribution is -0.137. The molecule has 0 radical (unpaired) electrons. The zero-order valence-electron chi connectivity index (χ0n) is 16.9. The SMILES string of the molecule is Cl.Cl.Cn1cc([C@H]2CNC[C@@H]2C(=O)N2CCN(CC3CCCCC3)CC2)cn1. The molecule has 1 aromatic heterocycles. The van der Waals surface area contributed by atoms with Crippen molar-refractivity contribution in [1.82, 2.24) is 24.9 Å². The van der Waals surface area contributed by atoms with E-state index >= 15 is 0 Å². The Kier molecular flexibility index (Phi) is 9.06. The van der Waals surface area contributed by atoms with Gasteiger partial charge in [0.25, 0.3) is 0 Å². The minimum atomic E-state index is 0. The quantitative estimate of drug-likeness (QED) is 0.794. The second-order valence-corrected chi connectivity index (χ2v) is 8.45. The number of rotatable bonds is 4. The molecule has 6 nitrogen and oxygen atoms in total. The second kappa shape index (κ2) is 10.8. The summed E-state index contributed by atoms with van der Waals surface area (Å²) in [6.07, 6.45) is 11.0. The Balaban J connectivity index is 0.00000140. The number of nitrogens with one attached hydrogen (secondary N) is 1. The highest BCUT2D eigenvalue weighted by Gasteiger charge is 2.37. The van der Waals surface area contributed by atoms with Crippen molar-refractivity contribution in [3.63, 3.8) is 0 Å². The average molecular weight is 432 g/mol. The van der Waals surface area contributed by atoms with Gasteiger partial charge in [-0.3, -0.25) is 14.4 Å². The molecule has 4 rings (SSSR count). The van der Waals surface area contributed by atoms with E-state index in [1.54, 1.807) is 0 Å². The molecular weight excluding hydrogens is 397 g/mol. The summed E-state index contributed by atoms with van der Waals surface area (Å²) in [5, 5.41) is 7.71. The molecule has 0 bridgehead atoms. The van der Waals surface area contributed by atoms with Crippen LogP contribution in [0.15, 0.2) is 12.4 Å². The van der Waals surface area contributed by atoms with Gasteiger partial charge < -0.3 is 10.2 Å². The molecule has 1 saturated carbocycles. The molecule has 2 atom stereocenters. The highest BCUT2D eigenvalue weighted by molar-refractivity contribution is 5.85. The number of carbonyl (C=O) groups is 1. The number of hydrogen-bond donors (Lipinski definition) is 1. The first-order valence-corrected chi connectivity index (χ1v) is 10.4. The van der Waals surface area contributed by atoms with Crippen LogP contribution in [-0.4, -0.2) is 71.3 Å². The van der Waals surface area contributed by atoms with E-state index in [-0.39, 0.29) is 36.6 Å². The number of carbonyl (C=O) groups excluding carboxylic acids is 1.